The van der Waals surface area contributed by atoms with Crippen molar-refractivity contribution in [3.63, 3.8) is 0 Å². The first kappa shape index (κ1) is 13.9. The van der Waals surface area contributed by atoms with Gasteiger partial charge >= 0.3 is 0 Å². The SMILES string of the molecule is CCNC(COC(C)C)C12CC3CC(CC(C3)C1)C2. The predicted octanol–water partition coefficient (Wildman–Crippen LogP) is 3.61. The predicted molar refractivity (Wildman–Crippen MR) is 79.2 cm³/mol. The minimum atomic E-state index is 0.357. The van der Waals surface area contributed by atoms with Crippen molar-refractivity contribution in [2.45, 2.75) is 71.4 Å². The molecule has 0 heterocycles. The van der Waals surface area contributed by atoms with Gasteiger partial charge < -0.3 is 10.1 Å². The van der Waals surface area contributed by atoms with E-state index < -0.39 is 0 Å². The van der Waals surface area contributed by atoms with Crippen molar-refractivity contribution in [3.05, 3.63) is 0 Å². The van der Waals surface area contributed by atoms with Crippen molar-refractivity contribution in [1.82, 2.24) is 5.32 Å². The van der Waals surface area contributed by atoms with Crippen LogP contribution in [0, 0.1) is 23.2 Å². The van der Waals surface area contributed by atoms with Crippen LogP contribution in [0.15, 0.2) is 0 Å². The molecule has 1 atom stereocenters. The monoisotopic (exact) mass is 265 g/mol. The van der Waals surface area contributed by atoms with Gasteiger partial charge in [0.2, 0.25) is 0 Å². The second-order valence-corrected chi connectivity index (χ2v) is 7.77. The van der Waals surface area contributed by atoms with Crippen LogP contribution in [-0.4, -0.2) is 25.3 Å². The first-order valence-electron chi connectivity index (χ1n) is 8.46. The Morgan fingerprint density at radius 2 is 1.58 bits per heavy atom. The molecule has 4 saturated carbocycles. The highest BCUT2D eigenvalue weighted by Crippen LogP contribution is 2.61. The maximum Gasteiger partial charge on any atom is 0.0628 e. The molecule has 0 spiro atoms. The van der Waals surface area contributed by atoms with Gasteiger partial charge in [-0.1, -0.05) is 6.92 Å². The largest absolute Gasteiger partial charge is 0.377 e. The minimum absolute atomic E-state index is 0.357. The van der Waals surface area contributed by atoms with Gasteiger partial charge in [0.15, 0.2) is 0 Å². The fourth-order valence-corrected chi connectivity index (χ4v) is 5.59. The number of likely N-dealkylation sites (N-methyl/N-ethyl adjacent to an activating group) is 1. The van der Waals surface area contributed by atoms with E-state index in [2.05, 4.69) is 26.1 Å². The van der Waals surface area contributed by atoms with Gasteiger partial charge in [0, 0.05) is 6.04 Å². The normalized spacial score (nSPS) is 42.0. The topological polar surface area (TPSA) is 21.3 Å². The summed E-state index contributed by atoms with van der Waals surface area (Å²) >= 11 is 0. The molecule has 0 aromatic rings. The lowest BCUT2D eigenvalue weighted by molar-refractivity contribution is -0.0928. The molecule has 0 amide bonds. The van der Waals surface area contributed by atoms with E-state index in [4.69, 9.17) is 4.74 Å². The van der Waals surface area contributed by atoms with Crippen molar-refractivity contribution < 1.29 is 4.74 Å². The molecular weight excluding hydrogens is 234 g/mol. The molecule has 2 heteroatoms. The number of hydrogen-bond donors (Lipinski definition) is 1. The van der Waals surface area contributed by atoms with Crippen LogP contribution in [0.5, 0.6) is 0 Å². The highest BCUT2D eigenvalue weighted by atomic mass is 16.5. The van der Waals surface area contributed by atoms with Crippen LogP contribution < -0.4 is 5.32 Å². The Morgan fingerprint density at radius 1 is 1.05 bits per heavy atom. The summed E-state index contributed by atoms with van der Waals surface area (Å²) in [6, 6.07) is 0.591. The van der Waals surface area contributed by atoms with E-state index in [0.29, 0.717) is 17.6 Å². The zero-order valence-corrected chi connectivity index (χ0v) is 13.0. The van der Waals surface area contributed by atoms with Gasteiger partial charge in [-0.25, -0.2) is 0 Å². The Balaban J connectivity index is 1.73. The third-order valence-corrected chi connectivity index (χ3v) is 5.87. The summed E-state index contributed by atoms with van der Waals surface area (Å²) in [5.41, 5.74) is 0.569. The van der Waals surface area contributed by atoms with E-state index in [-0.39, 0.29) is 0 Å². The number of ether oxygens (including phenoxy) is 1. The molecule has 1 N–H and O–H groups in total. The maximum absolute atomic E-state index is 5.98. The van der Waals surface area contributed by atoms with Gasteiger partial charge in [-0.2, -0.15) is 0 Å². The van der Waals surface area contributed by atoms with Crippen molar-refractivity contribution in [2.24, 2.45) is 23.2 Å². The molecule has 1 unspecified atom stereocenters. The van der Waals surface area contributed by atoms with Crippen LogP contribution in [0.1, 0.15) is 59.3 Å². The Hall–Kier alpha value is -0.0800. The molecule has 2 nitrogen and oxygen atoms in total. The molecule has 4 rings (SSSR count). The van der Waals surface area contributed by atoms with Crippen LogP contribution in [0.25, 0.3) is 0 Å². The number of hydrogen-bond acceptors (Lipinski definition) is 2. The van der Waals surface area contributed by atoms with Gasteiger partial charge in [-0.05, 0) is 82.1 Å². The summed E-state index contributed by atoms with van der Waals surface area (Å²) in [4.78, 5) is 0. The standard InChI is InChI=1S/C17H31NO/c1-4-18-16(11-19-12(2)3)17-8-13-5-14(9-17)7-15(6-13)10-17/h12-16,18H,4-11H2,1-3H3. The van der Waals surface area contributed by atoms with Crippen LogP contribution >= 0.6 is 0 Å². The Morgan fingerprint density at radius 3 is 2.00 bits per heavy atom. The van der Waals surface area contributed by atoms with Gasteiger partial charge in [0.05, 0.1) is 12.7 Å². The molecule has 0 saturated heterocycles. The summed E-state index contributed by atoms with van der Waals surface area (Å²) < 4.78 is 5.98. The molecule has 110 valence electrons. The highest BCUT2D eigenvalue weighted by Gasteiger charge is 2.53. The molecule has 0 aromatic carbocycles. The average Bonchev–Trinajstić information content (AvgIpc) is 2.32. The van der Waals surface area contributed by atoms with Gasteiger partial charge in [0.25, 0.3) is 0 Å². The molecule has 0 radical (unpaired) electrons. The molecular formula is C17H31NO. The first-order valence-corrected chi connectivity index (χ1v) is 8.46. The van der Waals surface area contributed by atoms with Crippen LogP contribution in [0.4, 0.5) is 0 Å². The van der Waals surface area contributed by atoms with E-state index in [1.54, 1.807) is 0 Å². The second kappa shape index (κ2) is 5.37. The summed E-state index contributed by atoms with van der Waals surface area (Å²) in [7, 11) is 0. The van der Waals surface area contributed by atoms with Gasteiger partial charge in [-0.3, -0.25) is 0 Å². The highest BCUT2D eigenvalue weighted by molar-refractivity contribution is 5.06. The summed E-state index contributed by atoms with van der Waals surface area (Å²) in [6.45, 7) is 8.54. The fraction of sp³-hybridized carbons (Fsp3) is 1.00. The number of nitrogens with one attached hydrogen (secondary N) is 1. The Kier molecular flexibility index (Phi) is 3.92. The summed E-state index contributed by atoms with van der Waals surface area (Å²) in [5, 5.41) is 3.77. The molecule has 4 fully saturated rings. The molecule has 19 heavy (non-hydrogen) atoms. The first-order chi connectivity index (χ1) is 9.11. The van der Waals surface area contributed by atoms with E-state index in [1.165, 1.54) is 38.5 Å². The van der Waals surface area contributed by atoms with E-state index in [1.807, 2.05) is 0 Å². The summed E-state index contributed by atoms with van der Waals surface area (Å²) in [5.74, 6) is 3.10. The molecule has 4 aliphatic carbocycles. The van der Waals surface area contributed by atoms with Crippen molar-refractivity contribution in [3.8, 4) is 0 Å². The average molecular weight is 265 g/mol. The number of rotatable bonds is 6. The lowest BCUT2D eigenvalue weighted by atomic mass is 9.47. The van der Waals surface area contributed by atoms with E-state index >= 15 is 0 Å². The quantitative estimate of drug-likeness (QED) is 0.792. The third-order valence-electron chi connectivity index (χ3n) is 5.87. The molecule has 0 aliphatic heterocycles. The minimum Gasteiger partial charge on any atom is -0.377 e. The lowest BCUT2D eigenvalue weighted by Gasteiger charge is -2.59. The fourth-order valence-electron chi connectivity index (χ4n) is 5.59. The molecule has 4 aliphatic rings. The van der Waals surface area contributed by atoms with Crippen LogP contribution in [0.3, 0.4) is 0 Å². The van der Waals surface area contributed by atoms with Crippen LogP contribution in [-0.2, 0) is 4.74 Å². The Labute approximate surface area is 118 Å². The zero-order chi connectivity index (χ0) is 13.5. The zero-order valence-electron chi connectivity index (χ0n) is 13.0. The van der Waals surface area contributed by atoms with Crippen LogP contribution in [0.2, 0.25) is 0 Å². The molecule has 4 bridgehead atoms. The van der Waals surface area contributed by atoms with Gasteiger partial charge in [-0.15, -0.1) is 0 Å². The van der Waals surface area contributed by atoms with E-state index in [9.17, 15) is 0 Å². The third kappa shape index (κ3) is 2.71. The lowest BCUT2D eigenvalue weighted by Crippen LogP contribution is -2.57. The van der Waals surface area contributed by atoms with Crippen molar-refractivity contribution in [1.29, 1.82) is 0 Å². The van der Waals surface area contributed by atoms with Gasteiger partial charge in [0.1, 0.15) is 0 Å². The second-order valence-electron chi connectivity index (χ2n) is 7.77. The van der Waals surface area contributed by atoms with Crippen molar-refractivity contribution in [2.75, 3.05) is 13.2 Å². The molecule has 0 aromatic heterocycles. The van der Waals surface area contributed by atoms with Crippen molar-refractivity contribution >= 4 is 0 Å². The van der Waals surface area contributed by atoms with E-state index in [0.717, 1.165) is 30.9 Å². The summed E-state index contributed by atoms with van der Waals surface area (Å²) in [6.07, 6.45) is 9.36. The maximum atomic E-state index is 5.98. The smallest absolute Gasteiger partial charge is 0.0628 e. The Bertz CT molecular complexity index is 277.